The van der Waals surface area contributed by atoms with Crippen molar-refractivity contribution in [2.75, 3.05) is 0 Å². The van der Waals surface area contributed by atoms with E-state index >= 15 is 0 Å². The Morgan fingerprint density at radius 3 is 2.36 bits per heavy atom. The van der Waals surface area contributed by atoms with Gasteiger partial charge in [0.25, 0.3) is 0 Å². The first-order chi connectivity index (χ1) is 6.30. The van der Waals surface area contributed by atoms with E-state index in [1.54, 1.807) is 6.92 Å². The van der Waals surface area contributed by atoms with Crippen molar-refractivity contribution in [1.82, 2.24) is 14.8 Å². The number of nitrogens with zero attached hydrogens (tertiary/aromatic N) is 3. The lowest BCUT2D eigenvalue weighted by Gasteiger charge is -2.20. The standard InChI is InChI=1S/C8H13F2N3O/c1-5-11-7(14-6(9)10)13(12-5)8(2,3)4/h6H,1-4H3. The molecule has 0 aromatic carbocycles. The van der Waals surface area contributed by atoms with Gasteiger partial charge in [-0.25, -0.2) is 4.68 Å². The van der Waals surface area contributed by atoms with Crippen molar-refractivity contribution < 1.29 is 13.5 Å². The lowest BCUT2D eigenvalue weighted by molar-refractivity contribution is -0.0610. The molecule has 0 spiro atoms. The molecule has 1 rings (SSSR count). The van der Waals surface area contributed by atoms with Crippen LogP contribution in [0.1, 0.15) is 26.6 Å². The highest BCUT2D eigenvalue weighted by molar-refractivity contribution is 5.00. The van der Waals surface area contributed by atoms with Gasteiger partial charge in [-0.15, -0.1) is 0 Å². The zero-order valence-electron chi connectivity index (χ0n) is 8.58. The van der Waals surface area contributed by atoms with Crippen LogP contribution in [-0.4, -0.2) is 21.4 Å². The van der Waals surface area contributed by atoms with E-state index in [9.17, 15) is 8.78 Å². The zero-order chi connectivity index (χ0) is 10.9. The minimum Gasteiger partial charge on any atom is -0.401 e. The molecule has 0 aliphatic carbocycles. The summed E-state index contributed by atoms with van der Waals surface area (Å²) in [7, 11) is 0. The summed E-state index contributed by atoms with van der Waals surface area (Å²) in [5.41, 5.74) is -0.425. The normalized spacial score (nSPS) is 12.2. The van der Waals surface area contributed by atoms with Gasteiger partial charge >= 0.3 is 12.6 Å². The Kier molecular flexibility index (Phi) is 2.73. The maximum atomic E-state index is 12.0. The van der Waals surface area contributed by atoms with E-state index in [2.05, 4.69) is 14.8 Å². The Morgan fingerprint density at radius 2 is 1.93 bits per heavy atom. The molecule has 6 heteroatoms. The largest absolute Gasteiger partial charge is 0.401 e. The van der Waals surface area contributed by atoms with Gasteiger partial charge in [-0.1, -0.05) is 0 Å². The number of rotatable bonds is 2. The number of ether oxygens (including phenoxy) is 1. The van der Waals surface area contributed by atoms with Crippen LogP contribution in [0.2, 0.25) is 0 Å². The molecule has 0 N–H and O–H groups in total. The molecule has 0 aliphatic heterocycles. The van der Waals surface area contributed by atoms with Crippen LogP contribution in [0.15, 0.2) is 0 Å². The van der Waals surface area contributed by atoms with Crippen molar-refractivity contribution in [3.05, 3.63) is 5.82 Å². The molecule has 0 atom stereocenters. The smallest absolute Gasteiger partial charge is 0.389 e. The fourth-order valence-corrected chi connectivity index (χ4v) is 0.989. The van der Waals surface area contributed by atoms with Crippen LogP contribution in [0.5, 0.6) is 6.01 Å². The first-order valence-electron chi connectivity index (χ1n) is 4.19. The molecular weight excluding hydrogens is 192 g/mol. The van der Waals surface area contributed by atoms with Gasteiger partial charge in [0.15, 0.2) is 5.82 Å². The predicted octanol–water partition coefficient (Wildman–Crippen LogP) is 1.94. The molecule has 0 saturated carbocycles. The average molecular weight is 205 g/mol. The number of alkyl halides is 2. The first-order valence-corrected chi connectivity index (χ1v) is 4.19. The van der Waals surface area contributed by atoms with Crippen LogP contribution in [0.4, 0.5) is 8.78 Å². The highest BCUT2D eigenvalue weighted by Crippen LogP contribution is 2.21. The molecular formula is C8H13F2N3O. The van der Waals surface area contributed by atoms with E-state index < -0.39 is 12.2 Å². The third-order valence-corrected chi connectivity index (χ3v) is 1.51. The third kappa shape index (κ3) is 2.40. The molecule has 4 nitrogen and oxygen atoms in total. The monoisotopic (exact) mass is 205 g/mol. The van der Waals surface area contributed by atoms with Gasteiger partial charge in [-0.05, 0) is 27.7 Å². The lowest BCUT2D eigenvalue weighted by Crippen LogP contribution is -2.25. The minimum absolute atomic E-state index is 0.148. The average Bonchev–Trinajstić information content (AvgIpc) is 2.28. The van der Waals surface area contributed by atoms with Crippen molar-refractivity contribution in [2.45, 2.75) is 39.8 Å². The molecule has 1 heterocycles. The fourth-order valence-electron chi connectivity index (χ4n) is 0.989. The summed E-state index contributed by atoms with van der Waals surface area (Å²) in [6.45, 7) is 4.25. The third-order valence-electron chi connectivity index (χ3n) is 1.51. The SMILES string of the molecule is Cc1nc(OC(F)F)n(C(C)(C)C)n1. The number of hydrogen-bond donors (Lipinski definition) is 0. The summed E-state index contributed by atoms with van der Waals surface area (Å²) in [4.78, 5) is 3.77. The Hall–Kier alpha value is -1.20. The van der Waals surface area contributed by atoms with Gasteiger partial charge in [-0.2, -0.15) is 18.9 Å². The van der Waals surface area contributed by atoms with Crippen molar-refractivity contribution in [1.29, 1.82) is 0 Å². The Balaban J connectivity index is 3.03. The van der Waals surface area contributed by atoms with E-state index in [1.165, 1.54) is 4.68 Å². The second kappa shape index (κ2) is 3.51. The maximum Gasteiger partial charge on any atom is 0.389 e. The molecule has 0 amide bonds. The van der Waals surface area contributed by atoms with E-state index in [-0.39, 0.29) is 6.01 Å². The summed E-state index contributed by atoms with van der Waals surface area (Å²) < 4.78 is 29.6. The molecule has 1 aromatic rings. The van der Waals surface area contributed by atoms with Crippen molar-refractivity contribution in [3.8, 4) is 6.01 Å². The van der Waals surface area contributed by atoms with Crippen molar-refractivity contribution in [2.24, 2.45) is 0 Å². The van der Waals surface area contributed by atoms with Gasteiger partial charge in [-0.3, -0.25) is 0 Å². The molecule has 80 valence electrons. The van der Waals surface area contributed by atoms with Crippen molar-refractivity contribution >= 4 is 0 Å². The van der Waals surface area contributed by atoms with Crippen molar-refractivity contribution in [3.63, 3.8) is 0 Å². The van der Waals surface area contributed by atoms with Gasteiger partial charge in [0.2, 0.25) is 0 Å². The van der Waals surface area contributed by atoms with Crippen LogP contribution >= 0.6 is 0 Å². The molecule has 0 radical (unpaired) electrons. The second-order valence-corrected chi connectivity index (χ2v) is 3.90. The van der Waals surface area contributed by atoms with Crippen LogP contribution in [-0.2, 0) is 5.54 Å². The lowest BCUT2D eigenvalue weighted by atomic mass is 10.1. The molecule has 14 heavy (non-hydrogen) atoms. The van der Waals surface area contributed by atoms with Gasteiger partial charge in [0, 0.05) is 0 Å². The van der Waals surface area contributed by atoms with E-state index in [1.807, 2.05) is 20.8 Å². The Bertz CT molecular complexity index is 317. The summed E-state index contributed by atoms with van der Waals surface area (Å²) in [5, 5.41) is 3.98. The molecule has 0 bridgehead atoms. The summed E-state index contributed by atoms with van der Waals surface area (Å²) in [5.74, 6) is 0.413. The Labute approximate surface area is 80.9 Å². The van der Waals surface area contributed by atoms with Crippen LogP contribution in [0.25, 0.3) is 0 Å². The molecule has 0 unspecified atom stereocenters. The molecule has 0 fully saturated rings. The van der Waals surface area contributed by atoms with Gasteiger partial charge < -0.3 is 4.74 Å². The van der Waals surface area contributed by atoms with Gasteiger partial charge in [0.05, 0.1) is 5.54 Å². The van der Waals surface area contributed by atoms with Crippen LogP contribution in [0.3, 0.4) is 0 Å². The number of halogens is 2. The van der Waals surface area contributed by atoms with E-state index in [0.717, 1.165) is 0 Å². The Morgan fingerprint density at radius 1 is 1.36 bits per heavy atom. The van der Waals surface area contributed by atoms with Crippen LogP contribution in [0, 0.1) is 6.92 Å². The summed E-state index contributed by atoms with van der Waals surface area (Å²) >= 11 is 0. The number of aromatic nitrogens is 3. The zero-order valence-corrected chi connectivity index (χ0v) is 8.58. The molecule has 0 aliphatic rings. The summed E-state index contributed by atoms with van der Waals surface area (Å²) in [6, 6.07) is -0.148. The van der Waals surface area contributed by atoms with Gasteiger partial charge in [0.1, 0.15) is 0 Å². The second-order valence-electron chi connectivity index (χ2n) is 3.90. The highest BCUT2D eigenvalue weighted by Gasteiger charge is 2.22. The quantitative estimate of drug-likeness (QED) is 0.740. The molecule has 0 saturated heterocycles. The summed E-state index contributed by atoms with van der Waals surface area (Å²) in [6.07, 6.45) is 0. The van der Waals surface area contributed by atoms with E-state index in [0.29, 0.717) is 5.82 Å². The number of hydrogen-bond acceptors (Lipinski definition) is 3. The number of aryl methyl sites for hydroxylation is 1. The first kappa shape index (κ1) is 10.9. The highest BCUT2D eigenvalue weighted by atomic mass is 19.3. The topological polar surface area (TPSA) is 39.9 Å². The molecule has 1 aromatic heterocycles. The fraction of sp³-hybridized carbons (Fsp3) is 0.750. The van der Waals surface area contributed by atoms with Crippen LogP contribution < -0.4 is 4.74 Å². The minimum atomic E-state index is -2.88. The predicted molar refractivity (Wildman–Crippen MR) is 46.4 cm³/mol. The maximum absolute atomic E-state index is 12.0. The van der Waals surface area contributed by atoms with E-state index in [4.69, 9.17) is 0 Å².